The average Bonchev–Trinajstić information content (AvgIpc) is 2.81. The van der Waals surface area contributed by atoms with Crippen LogP contribution in [0, 0.1) is 0 Å². The van der Waals surface area contributed by atoms with Crippen LogP contribution in [0.15, 0.2) is 0 Å². The van der Waals surface area contributed by atoms with Crippen molar-refractivity contribution in [1.82, 2.24) is 0 Å². The van der Waals surface area contributed by atoms with Crippen molar-refractivity contribution in [2.45, 2.75) is 162 Å². The molecule has 0 heterocycles. The second-order valence-corrected chi connectivity index (χ2v) is 11.1. The number of phosphoric ester groups is 1. The summed E-state index contributed by atoms with van der Waals surface area (Å²) >= 11 is 0. The Morgan fingerprint density at radius 3 is 1.15 bits per heavy atom. The number of unbranched alkanes of at least 4 members (excludes halogenated alkanes) is 18. The Morgan fingerprint density at radius 2 is 0.848 bits per heavy atom. The highest BCUT2D eigenvalue weighted by atomic mass is 31.2. The largest absolute Gasteiger partial charge is 0.477 e. The molecule has 0 aromatic heterocycles. The van der Waals surface area contributed by atoms with Crippen molar-refractivity contribution in [3.63, 3.8) is 0 Å². The van der Waals surface area contributed by atoms with Gasteiger partial charge in [-0.2, -0.15) is 0 Å². The zero-order valence-corrected chi connectivity index (χ0v) is 23.3. The van der Waals surface area contributed by atoms with Gasteiger partial charge in [0.15, 0.2) is 6.29 Å². The third-order valence-corrected chi connectivity index (χ3v) is 7.59. The molecule has 0 amide bonds. The Kier molecular flexibility index (Phi) is 25.2. The first-order valence-corrected chi connectivity index (χ1v) is 15.8. The number of aliphatic hydroxyl groups is 1. The van der Waals surface area contributed by atoms with Crippen LogP contribution >= 0.6 is 7.82 Å². The van der Waals surface area contributed by atoms with Crippen LogP contribution in [0.1, 0.15) is 156 Å². The highest BCUT2D eigenvalue weighted by Crippen LogP contribution is 2.51. The molecule has 1 N–H and O–H groups in total. The predicted molar refractivity (Wildman–Crippen MR) is 141 cm³/mol. The van der Waals surface area contributed by atoms with E-state index >= 15 is 0 Å². The first-order valence-electron chi connectivity index (χ1n) is 14.3. The lowest BCUT2D eigenvalue weighted by Gasteiger charge is -2.20. The van der Waals surface area contributed by atoms with Crippen LogP contribution in [-0.4, -0.2) is 24.6 Å². The topological polar surface area (TPSA) is 65.0 Å². The molecule has 0 aliphatic rings. The summed E-state index contributed by atoms with van der Waals surface area (Å²) in [7, 11) is -3.70. The summed E-state index contributed by atoms with van der Waals surface area (Å²) in [4.78, 5) is 0. The van der Waals surface area contributed by atoms with Crippen molar-refractivity contribution >= 4 is 7.82 Å². The molecule has 0 aromatic rings. The molecule has 0 rings (SSSR count). The minimum Gasteiger partial charge on any atom is -0.367 e. The molecular weight excluding hydrogens is 435 g/mol. The van der Waals surface area contributed by atoms with E-state index in [9.17, 15) is 9.67 Å². The summed E-state index contributed by atoms with van der Waals surface area (Å²) in [6, 6.07) is 0. The minimum absolute atomic E-state index is 0.349. The zero-order chi connectivity index (χ0) is 24.5. The Balaban J connectivity index is 3.85. The Hall–Kier alpha value is 0.0700. The summed E-state index contributed by atoms with van der Waals surface area (Å²) in [5.74, 6) is 0. The van der Waals surface area contributed by atoms with Crippen LogP contribution in [0.3, 0.4) is 0 Å². The van der Waals surface area contributed by atoms with Crippen molar-refractivity contribution in [3.05, 3.63) is 0 Å². The van der Waals surface area contributed by atoms with E-state index in [1.54, 1.807) is 6.92 Å². The molecule has 0 bridgehead atoms. The number of hydrogen-bond acceptors (Lipinski definition) is 5. The molecule has 200 valence electrons. The van der Waals surface area contributed by atoms with Crippen LogP contribution < -0.4 is 0 Å². The van der Waals surface area contributed by atoms with Crippen LogP contribution in [0.4, 0.5) is 0 Å². The average molecular weight is 493 g/mol. The van der Waals surface area contributed by atoms with Crippen LogP contribution in [0.25, 0.3) is 0 Å². The second-order valence-electron chi connectivity index (χ2n) is 9.45. The van der Waals surface area contributed by atoms with Gasteiger partial charge in [0.2, 0.25) is 0 Å². The lowest BCUT2D eigenvalue weighted by molar-refractivity contribution is -0.0502. The second kappa shape index (κ2) is 25.2. The van der Waals surface area contributed by atoms with Gasteiger partial charge < -0.3 is 5.11 Å². The Morgan fingerprint density at radius 1 is 0.545 bits per heavy atom. The molecule has 0 spiro atoms. The van der Waals surface area contributed by atoms with Gasteiger partial charge in [-0.15, -0.1) is 0 Å². The summed E-state index contributed by atoms with van der Waals surface area (Å²) < 4.78 is 29.1. The lowest BCUT2D eigenvalue weighted by atomic mass is 10.1. The molecule has 0 radical (unpaired) electrons. The van der Waals surface area contributed by atoms with Gasteiger partial charge in [0, 0.05) is 0 Å². The van der Waals surface area contributed by atoms with Crippen molar-refractivity contribution < 1.29 is 23.2 Å². The highest BCUT2D eigenvalue weighted by Gasteiger charge is 2.29. The maximum Gasteiger partial charge on any atom is 0.477 e. The smallest absolute Gasteiger partial charge is 0.367 e. The van der Waals surface area contributed by atoms with E-state index in [2.05, 4.69) is 13.8 Å². The molecular formula is C27H57O5P. The molecule has 0 fully saturated rings. The maximum atomic E-state index is 12.9. The quantitative estimate of drug-likeness (QED) is 0.0702. The van der Waals surface area contributed by atoms with Gasteiger partial charge in [0.05, 0.1) is 13.2 Å². The van der Waals surface area contributed by atoms with Gasteiger partial charge >= 0.3 is 7.82 Å². The first kappa shape index (κ1) is 33.1. The van der Waals surface area contributed by atoms with Gasteiger partial charge in [-0.25, -0.2) is 4.57 Å². The summed E-state index contributed by atoms with van der Waals surface area (Å²) in [5.41, 5.74) is 0. The molecule has 6 heteroatoms. The SMILES string of the molecule is CCCCCCCCCCCCOP(=O)(OCCCCCCCCCCCC)OC(O)CC. The fraction of sp³-hybridized carbons (Fsp3) is 1.00. The highest BCUT2D eigenvalue weighted by molar-refractivity contribution is 7.48. The fourth-order valence-electron chi connectivity index (χ4n) is 3.85. The van der Waals surface area contributed by atoms with E-state index in [0.717, 1.165) is 25.7 Å². The molecule has 0 saturated carbocycles. The monoisotopic (exact) mass is 492 g/mol. The van der Waals surface area contributed by atoms with E-state index in [0.29, 0.717) is 19.6 Å². The van der Waals surface area contributed by atoms with Crippen molar-refractivity contribution in [2.75, 3.05) is 13.2 Å². The standard InChI is InChI=1S/C27H57O5P/c1-4-7-9-11-13-15-17-19-21-23-25-30-33(29,32-27(28)6-3)31-26-24-22-20-18-16-14-12-10-8-5-2/h27-28H,4-26H2,1-3H3. The third kappa shape index (κ3) is 23.6. The molecule has 33 heavy (non-hydrogen) atoms. The van der Waals surface area contributed by atoms with Gasteiger partial charge in [0.25, 0.3) is 0 Å². The van der Waals surface area contributed by atoms with E-state index in [1.165, 1.54) is 103 Å². The molecule has 0 aromatic carbocycles. The molecule has 0 aliphatic carbocycles. The van der Waals surface area contributed by atoms with E-state index in [-0.39, 0.29) is 0 Å². The van der Waals surface area contributed by atoms with Gasteiger partial charge in [-0.3, -0.25) is 13.6 Å². The van der Waals surface area contributed by atoms with E-state index in [4.69, 9.17) is 13.6 Å². The maximum absolute atomic E-state index is 12.9. The van der Waals surface area contributed by atoms with E-state index < -0.39 is 14.1 Å². The van der Waals surface area contributed by atoms with Crippen molar-refractivity contribution in [1.29, 1.82) is 0 Å². The number of phosphoric acid groups is 1. The molecule has 0 saturated heterocycles. The Labute approximate surface area is 206 Å². The van der Waals surface area contributed by atoms with Crippen LogP contribution in [0.5, 0.6) is 0 Å². The van der Waals surface area contributed by atoms with Crippen molar-refractivity contribution in [3.8, 4) is 0 Å². The summed E-state index contributed by atoms with van der Waals surface area (Å²) in [6.07, 6.45) is 23.9. The van der Waals surface area contributed by atoms with Gasteiger partial charge in [-0.05, 0) is 19.3 Å². The normalized spacial score (nSPS) is 13.0. The summed E-state index contributed by atoms with van der Waals surface area (Å²) in [6.45, 7) is 6.97. The number of rotatable bonds is 27. The molecule has 0 aliphatic heterocycles. The Bertz CT molecular complexity index is 403. The van der Waals surface area contributed by atoms with Crippen molar-refractivity contribution in [2.24, 2.45) is 0 Å². The van der Waals surface area contributed by atoms with Crippen LogP contribution in [-0.2, 0) is 18.1 Å². The van der Waals surface area contributed by atoms with Gasteiger partial charge in [0.1, 0.15) is 0 Å². The van der Waals surface area contributed by atoms with E-state index in [1.807, 2.05) is 0 Å². The minimum atomic E-state index is -3.70. The predicted octanol–water partition coefficient (Wildman–Crippen LogP) is 9.71. The fourth-order valence-corrected chi connectivity index (χ4v) is 5.20. The van der Waals surface area contributed by atoms with Crippen LogP contribution in [0.2, 0.25) is 0 Å². The molecule has 1 atom stereocenters. The number of aliphatic hydroxyl groups excluding tert-OH is 1. The first-order chi connectivity index (χ1) is 16.1. The van der Waals surface area contributed by atoms with Gasteiger partial charge in [-0.1, -0.05) is 136 Å². The zero-order valence-electron chi connectivity index (χ0n) is 22.4. The molecule has 5 nitrogen and oxygen atoms in total. The summed E-state index contributed by atoms with van der Waals surface area (Å²) in [5, 5.41) is 9.79. The third-order valence-electron chi connectivity index (χ3n) is 6.09. The molecule has 1 unspecified atom stereocenters. The number of hydrogen-bond donors (Lipinski definition) is 1. The lowest BCUT2D eigenvalue weighted by Crippen LogP contribution is -2.12.